The summed E-state index contributed by atoms with van der Waals surface area (Å²) in [6.45, 7) is 7.58. The first-order valence-electron chi connectivity index (χ1n) is 8.89. The number of carbonyl (C=O) groups is 1. The van der Waals surface area contributed by atoms with Crippen molar-refractivity contribution in [2.24, 2.45) is 10.8 Å². The van der Waals surface area contributed by atoms with Gasteiger partial charge in [0.1, 0.15) is 0 Å². The number of ether oxygens (including phenoxy) is 1. The third kappa shape index (κ3) is 3.25. The van der Waals surface area contributed by atoms with E-state index in [0.717, 1.165) is 12.8 Å². The van der Waals surface area contributed by atoms with Crippen LogP contribution in [-0.2, 0) is 16.1 Å². The second kappa shape index (κ2) is 6.76. The Hall–Kier alpha value is -0.930. The number of halogens is 1. The number of carbonyl (C=O) groups excluding carboxylic acids is 1. The molecule has 1 aromatic rings. The van der Waals surface area contributed by atoms with Crippen LogP contribution in [0.15, 0.2) is 42.0 Å². The number of hydrogen-bond acceptors (Lipinski definition) is 2. The Morgan fingerprint density at radius 2 is 1.88 bits per heavy atom. The van der Waals surface area contributed by atoms with Crippen molar-refractivity contribution in [2.45, 2.75) is 64.0 Å². The zero-order chi connectivity index (χ0) is 17.4. The minimum atomic E-state index is -0.130. The van der Waals surface area contributed by atoms with E-state index < -0.39 is 0 Å². The number of alkyl halides is 1. The third-order valence-corrected chi connectivity index (χ3v) is 7.10. The molecule has 2 unspecified atom stereocenters. The highest BCUT2D eigenvalue weighted by Crippen LogP contribution is 2.58. The SMILES string of the molecule is CC1(C)CCC[C@]1(C)C1=CC(=O)C(Br)CC1OCc1ccccc1. The Balaban J connectivity index is 1.86. The highest BCUT2D eigenvalue weighted by Gasteiger charge is 2.50. The van der Waals surface area contributed by atoms with Crippen molar-refractivity contribution in [3.63, 3.8) is 0 Å². The van der Waals surface area contributed by atoms with Crippen LogP contribution in [0, 0.1) is 10.8 Å². The molecule has 0 bridgehead atoms. The average molecular weight is 391 g/mol. The molecule has 1 saturated carbocycles. The van der Waals surface area contributed by atoms with Crippen molar-refractivity contribution < 1.29 is 9.53 Å². The average Bonchev–Trinajstić information content (AvgIpc) is 2.83. The van der Waals surface area contributed by atoms with Gasteiger partial charge < -0.3 is 4.74 Å². The molecule has 1 aromatic carbocycles. The summed E-state index contributed by atoms with van der Waals surface area (Å²) in [6.07, 6.45) is 6.18. The topological polar surface area (TPSA) is 26.3 Å². The van der Waals surface area contributed by atoms with E-state index in [9.17, 15) is 4.79 Å². The van der Waals surface area contributed by atoms with Crippen LogP contribution in [0.4, 0.5) is 0 Å². The fourth-order valence-electron chi connectivity index (χ4n) is 4.24. The summed E-state index contributed by atoms with van der Waals surface area (Å²) >= 11 is 3.53. The van der Waals surface area contributed by atoms with E-state index in [4.69, 9.17) is 4.74 Å². The van der Waals surface area contributed by atoms with Crippen molar-refractivity contribution in [2.75, 3.05) is 0 Å². The van der Waals surface area contributed by atoms with Gasteiger partial charge in [-0.15, -0.1) is 0 Å². The van der Waals surface area contributed by atoms with Crippen LogP contribution in [0.1, 0.15) is 52.0 Å². The van der Waals surface area contributed by atoms with E-state index in [1.54, 1.807) is 0 Å². The summed E-state index contributed by atoms with van der Waals surface area (Å²) < 4.78 is 6.32. The predicted octanol–water partition coefficient (Wildman–Crippen LogP) is 5.45. The maximum Gasteiger partial charge on any atom is 0.169 e. The van der Waals surface area contributed by atoms with Crippen LogP contribution < -0.4 is 0 Å². The monoisotopic (exact) mass is 390 g/mol. The highest BCUT2D eigenvalue weighted by atomic mass is 79.9. The second-order valence-electron chi connectivity index (χ2n) is 8.06. The lowest BCUT2D eigenvalue weighted by molar-refractivity contribution is -0.115. The van der Waals surface area contributed by atoms with Crippen molar-refractivity contribution in [3.8, 4) is 0 Å². The quantitative estimate of drug-likeness (QED) is 0.638. The zero-order valence-corrected chi connectivity index (χ0v) is 16.4. The Kier molecular flexibility index (Phi) is 5.04. The van der Waals surface area contributed by atoms with Crippen LogP contribution in [0.5, 0.6) is 0 Å². The van der Waals surface area contributed by atoms with Crippen LogP contribution in [0.3, 0.4) is 0 Å². The Bertz CT molecular complexity index is 634. The van der Waals surface area contributed by atoms with Gasteiger partial charge in [0.05, 0.1) is 17.5 Å². The first-order chi connectivity index (χ1) is 11.3. The number of ketones is 1. The van der Waals surface area contributed by atoms with Gasteiger partial charge in [-0.25, -0.2) is 0 Å². The molecule has 2 aliphatic carbocycles. The molecule has 24 heavy (non-hydrogen) atoms. The van der Waals surface area contributed by atoms with Crippen molar-refractivity contribution in [3.05, 3.63) is 47.5 Å². The van der Waals surface area contributed by atoms with Gasteiger partial charge in [-0.2, -0.15) is 0 Å². The number of allylic oxidation sites excluding steroid dienone is 1. The maximum atomic E-state index is 12.4. The molecule has 3 rings (SSSR count). The fourth-order valence-corrected chi connectivity index (χ4v) is 4.72. The summed E-state index contributed by atoms with van der Waals surface area (Å²) in [5, 5.41) is 0. The standard InChI is InChI=1S/C21H27BrO2/c1-20(2)10-7-11-21(20,3)16-12-18(23)17(22)13-19(16)24-14-15-8-5-4-6-9-15/h4-6,8-9,12,17,19H,7,10-11,13-14H2,1-3H3/t17?,19?,21-/m1/s1. The van der Waals surface area contributed by atoms with Crippen LogP contribution >= 0.6 is 15.9 Å². The minimum absolute atomic E-state index is 0.00894. The summed E-state index contributed by atoms with van der Waals surface area (Å²) in [6, 6.07) is 10.3. The summed E-state index contributed by atoms with van der Waals surface area (Å²) in [5.41, 5.74) is 2.63. The van der Waals surface area contributed by atoms with Gasteiger partial charge in [-0.05, 0) is 47.3 Å². The molecule has 0 aliphatic heterocycles. The van der Waals surface area contributed by atoms with E-state index in [1.807, 2.05) is 24.3 Å². The maximum absolute atomic E-state index is 12.4. The van der Waals surface area contributed by atoms with Gasteiger partial charge in [0, 0.05) is 0 Å². The number of rotatable bonds is 4. The molecule has 2 nitrogen and oxygen atoms in total. The van der Waals surface area contributed by atoms with E-state index in [-0.39, 0.29) is 27.5 Å². The molecular formula is C21H27BrO2. The first kappa shape index (κ1) is 17.9. The summed E-state index contributed by atoms with van der Waals surface area (Å²) in [5.74, 6) is 0.188. The second-order valence-corrected chi connectivity index (χ2v) is 9.17. The van der Waals surface area contributed by atoms with Crippen LogP contribution in [0.25, 0.3) is 0 Å². The molecule has 0 N–H and O–H groups in total. The van der Waals surface area contributed by atoms with Gasteiger partial charge in [0.25, 0.3) is 0 Å². The minimum Gasteiger partial charge on any atom is -0.369 e. The summed E-state index contributed by atoms with van der Waals surface area (Å²) in [7, 11) is 0. The van der Waals surface area contributed by atoms with E-state index in [0.29, 0.717) is 6.61 Å². The lowest BCUT2D eigenvalue weighted by Crippen LogP contribution is -2.41. The molecule has 0 amide bonds. The molecule has 3 heteroatoms. The van der Waals surface area contributed by atoms with Gasteiger partial charge in [0.2, 0.25) is 0 Å². The van der Waals surface area contributed by atoms with Crippen LogP contribution in [0.2, 0.25) is 0 Å². The van der Waals surface area contributed by atoms with Crippen molar-refractivity contribution >= 4 is 21.7 Å². The Labute approximate surface area is 153 Å². The van der Waals surface area contributed by atoms with Gasteiger partial charge in [-0.3, -0.25) is 4.79 Å². The smallest absolute Gasteiger partial charge is 0.169 e. The largest absolute Gasteiger partial charge is 0.369 e. The lowest BCUT2D eigenvalue weighted by Gasteiger charge is -2.45. The Morgan fingerprint density at radius 3 is 2.50 bits per heavy atom. The van der Waals surface area contributed by atoms with Crippen molar-refractivity contribution in [1.82, 2.24) is 0 Å². The molecule has 2 aliphatic rings. The molecule has 130 valence electrons. The first-order valence-corrected chi connectivity index (χ1v) is 9.80. The number of hydrogen-bond donors (Lipinski definition) is 0. The predicted molar refractivity (Wildman–Crippen MR) is 101 cm³/mol. The lowest BCUT2D eigenvalue weighted by atomic mass is 9.62. The van der Waals surface area contributed by atoms with Gasteiger partial charge in [-0.1, -0.05) is 73.5 Å². The third-order valence-electron chi connectivity index (χ3n) is 6.28. The highest BCUT2D eigenvalue weighted by molar-refractivity contribution is 9.10. The molecule has 0 heterocycles. The van der Waals surface area contributed by atoms with E-state index in [2.05, 4.69) is 48.8 Å². The number of benzene rings is 1. The molecule has 0 saturated heterocycles. The fraction of sp³-hybridized carbons (Fsp3) is 0.571. The van der Waals surface area contributed by atoms with E-state index in [1.165, 1.54) is 24.0 Å². The van der Waals surface area contributed by atoms with E-state index >= 15 is 0 Å². The molecule has 0 aromatic heterocycles. The molecule has 0 spiro atoms. The molecule has 3 atom stereocenters. The zero-order valence-electron chi connectivity index (χ0n) is 14.8. The molecular weight excluding hydrogens is 364 g/mol. The normalized spacial score (nSPS) is 32.7. The summed E-state index contributed by atoms with van der Waals surface area (Å²) in [4.78, 5) is 12.2. The van der Waals surface area contributed by atoms with Gasteiger partial charge >= 0.3 is 0 Å². The van der Waals surface area contributed by atoms with Gasteiger partial charge in [0.15, 0.2) is 5.78 Å². The van der Waals surface area contributed by atoms with Crippen LogP contribution in [-0.4, -0.2) is 16.7 Å². The molecule has 1 fully saturated rings. The Morgan fingerprint density at radius 1 is 1.17 bits per heavy atom. The van der Waals surface area contributed by atoms with Crippen molar-refractivity contribution in [1.29, 1.82) is 0 Å². The molecule has 0 radical (unpaired) electrons.